The van der Waals surface area contributed by atoms with Gasteiger partial charge in [0, 0.05) is 0 Å². The fourth-order valence-electron chi connectivity index (χ4n) is 1.94. The second-order valence-corrected chi connectivity index (χ2v) is 4.94. The molecule has 0 N–H and O–H groups in total. The van der Waals surface area contributed by atoms with Crippen LogP contribution in [0.25, 0.3) is 0 Å². The highest BCUT2D eigenvalue weighted by molar-refractivity contribution is 5.42. The topological polar surface area (TPSA) is 34.0 Å². The fourth-order valence-corrected chi connectivity index (χ4v) is 1.94. The number of unbranched alkanes of at least 4 members (excludes halogenated alkanes) is 3. The van der Waals surface area contributed by atoms with Gasteiger partial charge in [-0.25, -0.2) is 0 Å². The summed E-state index contributed by atoms with van der Waals surface area (Å²) in [7, 11) is 0. The van der Waals surface area contributed by atoms with Crippen LogP contribution in [0.2, 0.25) is 0 Å². The third kappa shape index (κ3) is 5.78. The predicted molar refractivity (Wildman–Crippen MR) is 86.7 cm³/mol. The minimum absolute atomic E-state index is 0.783. The zero-order chi connectivity index (χ0) is 14.8. The number of ether oxygens (including phenoxy) is 1. The van der Waals surface area contributed by atoms with Gasteiger partial charge in [0.25, 0.3) is 0 Å². The van der Waals surface area contributed by atoms with Gasteiger partial charge in [-0.15, -0.1) is 0 Å². The van der Waals surface area contributed by atoms with Gasteiger partial charge in [-0.05, 0) is 42.8 Å². The molecule has 2 aromatic carbocycles. The predicted octanol–water partition coefficient (Wildman–Crippen LogP) is 6.06. The molecule has 0 bridgehead atoms. The van der Waals surface area contributed by atoms with Crippen LogP contribution in [-0.4, -0.2) is 6.61 Å². The quantitative estimate of drug-likeness (QED) is 0.428. The Morgan fingerprint density at radius 3 is 2.10 bits per heavy atom. The molecule has 110 valence electrons. The minimum Gasteiger partial charge on any atom is -0.494 e. The first kappa shape index (κ1) is 15.2. The molecule has 0 heterocycles. The Bertz CT molecular complexity index is 535. The molecule has 0 aromatic heterocycles. The van der Waals surface area contributed by atoms with E-state index in [0.717, 1.165) is 30.2 Å². The molecule has 3 nitrogen and oxygen atoms in total. The van der Waals surface area contributed by atoms with Gasteiger partial charge in [0.1, 0.15) is 5.75 Å². The van der Waals surface area contributed by atoms with E-state index in [9.17, 15) is 0 Å². The molecule has 0 aliphatic heterocycles. The van der Waals surface area contributed by atoms with Crippen molar-refractivity contribution >= 4 is 11.4 Å². The van der Waals surface area contributed by atoms with Gasteiger partial charge in [-0.3, -0.25) is 0 Å². The lowest BCUT2D eigenvalue weighted by Crippen LogP contribution is -1.96. The van der Waals surface area contributed by atoms with E-state index in [1.54, 1.807) is 0 Å². The van der Waals surface area contributed by atoms with E-state index in [0.29, 0.717) is 0 Å². The minimum atomic E-state index is 0.783. The zero-order valence-electron chi connectivity index (χ0n) is 12.5. The van der Waals surface area contributed by atoms with Crippen LogP contribution in [0.4, 0.5) is 11.4 Å². The maximum Gasteiger partial charge on any atom is 0.119 e. The summed E-state index contributed by atoms with van der Waals surface area (Å²) >= 11 is 0. The second-order valence-electron chi connectivity index (χ2n) is 4.94. The molecular weight excluding hydrogens is 260 g/mol. The maximum atomic E-state index is 5.70. The molecule has 0 aliphatic carbocycles. The van der Waals surface area contributed by atoms with Crippen molar-refractivity contribution in [2.45, 2.75) is 32.6 Å². The third-order valence-corrected chi connectivity index (χ3v) is 3.14. The van der Waals surface area contributed by atoms with Crippen LogP contribution in [0.5, 0.6) is 5.75 Å². The van der Waals surface area contributed by atoms with Crippen molar-refractivity contribution in [1.29, 1.82) is 0 Å². The lowest BCUT2D eigenvalue weighted by Gasteiger charge is -2.05. The molecule has 3 heteroatoms. The van der Waals surface area contributed by atoms with Crippen LogP contribution in [0, 0.1) is 0 Å². The Labute approximate surface area is 126 Å². The molecular formula is C18H22N2O. The van der Waals surface area contributed by atoms with Crippen molar-refractivity contribution in [2.75, 3.05) is 6.61 Å². The van der Waals surface area contributed by atoms with Crippen LogP contribution < -0.4 is 4.74 Å². The van der Waals surface area contributed by atoms with Crippen LogP contribution >= 0.6 is 0 Å². The molecule has 0 saturated heterocycles. The van der Waals surface area contributed by atoms with E-state index in [1.165, 1.54) is 19.3 Å². The van der Waals surface area contributed by atoms with Crippen molar-refractivity contribution in [1.82, 2.24) is 0 Å². The molecule has 0 aliphatic rings. The van der Waals surface area contributed by atoms with Crippen molar-refractivity contribution < 1.29 is 4.74 Å². The van der Waals surface area contributed by atoms with E-state index >= 15 is 0 Å². The number of rotatable bonds is 8. The second kappa shape index (κ2) is 8.90. The zero-order valence-corrected chi connectivity index (χ0v) is 12.5. The Morgan fingerprint density at radius 2 is 1.43 bits per heavy atom. The van der Waals surface area contributed by atoms with Crippen LogP contribution in [0.1, 0.15) is 32.6 Å². The van der Waals surface area contributed by atoms with Gasteiger partial charge in [-0.1, -0.05) is 44.4 Å². The van der Waals surface area contributed by atoms with E-state index < -0.39 is 0 Å². The molecule has 0 amide bonds. The van der Waals surface area contributed by atoms with Gasteiger partial charge in [0.05, 0.1) is 18.0 Å². The maximum absolute atomic E-state index is 5.70. The average molecular weight is 282 g/mol. The highest BCUT2D eigenvalue weighted by atomic mass is 16.5. The molecule has 0 saturated carbocycles. The van der Waals surface area contributed by atoms with E-state index in [4.69, 9.17) is 4.74 Å². The first-order valence-electron chi connectivity index (χ1n) is 7.58. The normalized spacial score (nSPS) is 10.9. The molecule has 2 rings (SSSR count). The Kier molecular flexibility index (Phi) is 6.46. The largest absolute Gasteiger partial charge is 0.494 e. The molecule has 0 spiro atoms. The summed E-state index contributed by atoms with van der Waals surface area (Å²) in [5.41, 5.74) is 1.69. The first-order valence-corrected chi connectivity index (χ1v) is 7.58. The van der Waals surface area contributed by atoms with Gasteiger partial charge in [-0.2, -0.15) is 10.2 Å². The van der Waals surface area contributed by atoms with Crippen LogP contribution in [-0.2, 0) is 0 Å². The van der Waals surface area contributed by atoms with Crippen LogP contribution in [0.3, 0.4) is 0 Å². The van der Waals surface area contributed by atoms with E-state index in [2.05, 4.69) is 17.2 Å². The van der Waals surface area contributed by atoms with Gasteiger partial charge >= 0.3 is 0 Å². The SMILES string of the molecule is CCCCCCOc1ccc(/N=N/c2ccccc2)cc1. The molecule has 2 aromatic rings. The van der Waals surface area contributed by atoms with E-state index in [1.807, 2.05) is 54.6 Å². The van der Waals surface area contributed by atoms with Crippen molar-refractivity contribution in [3.05, 3.63) is 54.6 Å². The molecule has 0 atom stereocenters. The Hall–Kier alpha value is -2.16. The average Bonchev–Trinajstić information content (AvgIpc) is 2.55. The summed E-state index contributed by atoms with van der Waals surface area (Å²) in [5.74, 6) is 0.894. The highest BCUT2D eigenvalue weighted by Crippen LogP contribution is 2.21. The summed E-state index contributed by atoms with van der Waals surface area (Å²) < 4.78 is 5.70. The lowest BCUT2D eigenvalue weighted by molar-refractivity contribution is 0.305. The van der Waals surface area contributed by atoms with Crippen molar-refractivity contribution in [2.24, 2.45) is 10.2 Å². The van der Waals surface area contributed by atoms with E-state index in [-0.39, 0.29) is 0 Å². The number of hydrogen-bond acceptors (Lipinski definition) is 3. The number of azo groups is 1. The molecule has 0 unspecified atom stereocenters. The summed E-state index contributed by atoms with van der Waals surface area (Å²) in [6.45, 7) is 2.99. The summed E-state index contributed by atoms with van der Waals surface area (Å²) in [5, 5.41) is 8.39. The molecule has 0 fully saturated rings. The monoisotopic (exact) mass is 282 g/mol. The standard InChI is InChI=1S/C18H22N2O/c1-2-3-4-8-15-21-18-13-11-17(12-14-18)20-19-16-9-6-5-7-10-16/h5-7,9-14H,2-4,8,15H2,1H3/b20-19+. The Balaban J connectivity index is 1.80. The first-order chi connectivity index (χ1) is 10.4. The molecule has 21 heavy (non-hydrogen) atoms. The summed E-state index contributed by atoms with van der Waals surface area (Å²) in [4.78, 5) is 0. The summed E-state index contributed by atoms with van der Waals surface area (Å²) in [6, 6.07) is 17.5. The molecule has 0 radical (unpaired) electrons. The van der Waals surface area contributed by atoms with Crippen LogP contribution in [0.15, 0.2) is 64.8 Å². The summed E-state index contributed by atoms with van der Waals surface area (Å²) in [6.07, 6.45) is 4.88. The number of hydrogen-bond donors (Lipinski definition) is 0. The van der Waals surface area contributed by atoms with Gasteiger partial charge < -0.3 is 4.74 Å². The number of benzene rings is 2. The lowest BCUT2D eigenvalue weighted by atomic mass is 10.2. The van der Waals surface area contributed by atoms with Crippen molar-refractivity contribution in [3.63, 3.8) is 0 Å². The fraction of sp³-hybridized carbons (Fsp3) is 0.333. The van der Waals surface area contributed by atoms with Gasteiger partial charge in [0.2, 0.25) is 0 Å². The Morgan fingerprint density at radius 1 is 0.762 bits per heavy atom. The number of nitrogens with zero attached hydrogens (tertiary/aromatic N) is 2. The third-order valence-electron chi connectivity index (χ3n) is 3.14. The van der Waals surface area contributed by atoms with Crippen molar-refractivity contribution in [3.8, 4) is 5.75 Å². The smallest absolute Gasteiger partial charge is 0.119 e. The van der Waals surface area contributed by atoms with Gasteiger partial charge in [0.15, 0.2) is 0 Å². The highest BCUT2D eigenvalue weighted by Gasteiger charge is 1.95.